The molecule has 1 heterocycles. The van der Waals surface area contributed by atoms with Crippen LogP contribution in [0.5, 0.6) is 5.75 Å². The van der Waals surface area contributed by atoms with Gasteiger partial charge < -0.3 is 10.1 Å². The van der Waals surface area contributed by atoms with Gasteiger partial charge >= 0.3 is 0 Å². The van der Waals surface area contributed by atoms with Gasteiger partial charge in [0.25, 0.3) is 0 Å². The van der Waals surface area contributed by atoms with E-state index in [9.17, 15) is 0 Å². The van der Waals surface area contributed by atoms with Crippen molar-refractivity contribution in [3.05, 3.63) is 40.5 Å². The van der Waals surface area contributed by atoms with Gasteiger partial charge in [-0.3, -0.25) is 0 Å². The molecule has 2 rings (SSSR count). The predicted molar refractivity (Wildman–Crippen MR) is 93.4 cm³/mol. The molecule has 6 heteroatoms. The molecule has 0 aliphatic heterocycles. The maximum absolute atomic E-state index is 6.37. The zero-order valence-electron chi connectivity index (χ0n) is 13.0. The summed E-state index contributed by atoms with van der Waals surface area (Å²) in [6, 6.07) is 7.95. The minimum Gasteiger partial charge on any atom is -0.497 e. The van der Waals surface area contributed by atoms with Gasteiger partial charge in [0, 0.05) is 18.5 Å². The first-order valence-corrected chi connectivity index (χ1v) is 8.75. The predicted octanol–water partition coefficient (Wildman–Crippen LogP) is 4.27. The van der Waals surface area contributed by atoms with E-state index in [2.05, 4.69) is 22.2 Å². The van der Waals surface area contributed by atoms with E-state index in [-0.39, 0.29) is 0 Å². The number of rotatable bonds is 7. The zero-order chi connectivity index (χ0) is 15.9. The summed E-state index contributed by atoms with van der Waals surface area (Å²) in [6.45, 7) is 2.98. The molecule has 0 radical (unpaired) electrons. The number of ether oxygens (including phenoxy) is 1. The molecule has 0 amide bonds. The Kier molecular flexibility index (Phi) is 6.34. The third kappa shape index (κ3) is 4.27. The molecule has 0 atom stereocenters. The van der Waals surface area contributed by atoms with Crippen LogP contribution in [-0.2, 0) is 6.42 Å². The van der Waals surface area contributed by atoms with Crippen molar-refractivity contribution in [1.82, 2.24) is 9.97 Å². The molecule has 0 saturated carbocycles. The van der Waals surface area contributed by atoms with Gasteiger partial charge in [-0.1, -0.05) is 42.4 Å². The maximum Gasteiger partial charge on any atom is 0.190 e. The van der Waals surface area contributed by atoms with E-state index in [1.807, 2.05) is 30.5 Å². The third-order valence-electron chi connectivity index (χ3n) is 3.20. The standard InChI is InChI=1S/C16H20ClN3OS/c1-4-9-18-15-13(14(17)19-16(20-15)22-3)10-11-5-7-12(21-2)8-6-11/h5-8H,4,9-10H2,1-3H3,(H,18,19,20). The molecular weight excluding hydrogens is 318 g/mol. The number of methoxy groups -OCH3 is 1. The van der Waals surface area contributed by atoms with Crippen LogP contribution < -0.4 is 10.1 Å². The van der Waals surface area contributed by atoms with Crippen LogP contribution in [0.15, 0.2) is 29.4 Å². The quantitative estimate of drug-likeness (QED) is 0.464. The van der Waals surface area contributed by atoms with Gasteiger partial charge in [0.05, 0.1) is 7.11 Å². The van der Waals surface area contributed by atoms with E-state index in [1.165, 1.54) is 11.8 Å². The Morgan fingerprint density at radius 3 is 2.55 bits per heavy atom. The van der Waals surface area contributed by atoms with Gasteiger partial charge in [-0.2, -0.15) is 0 Å². The Morgan fingerprint density at radius 1 is 1.23 bits per heavy atom. The topological polar surface area (TPSA) is 47.0 Å². The summed E-state index contributed by atoms with van der Waals surface area (Å²) in [5.74, 6) is 1.66. The van der Waals surface area contributed by atoms with Crippen molar-refractivity contribution in [2.45, 2.75) is 24.9 Å². The number of nitrogens with one attached hydrogen (secondary N) is 1. The fourth-order valence-corrected chi connectivity index (χ4v) is 2.67. The number of aromatic nitrogens is 2. The third-order valence-corrected chi connectivity index (χ3v) is 4.06. The van der Waals surface area contributed by atoms with E-state index in [0.717, 1.165) is 35.7 Å². The lowest BCUT2D eigenvalue weighted by atomic mass is 10.1. The number of nitrogens with zero attached hydrogens (tertiary/aromatic N) is 2. The molecule has 0 aliphatic carbocycles. The average Bonchev–Trinajstić information content (AvgIpc) is 2.55. The lowest BCUT2D eigenvalue weighted by molar-refractivity contribution is 0.414. The van der Waals surface area contributed by atoms with Crippen LogP contribution in [0.25, 0.3) is 0 Å². The highest BCUT2D eigenvalue weighted by Crippen LogP contribution is 2.27. The molecule has 1 aromatic carbocycles. The fraction of sp³-hybridized carbons (Fsp3) is 0.375. The zero-order valence-corrected chi connectivity index (χ0v) is 14.6. The van der Waals surface area contributed by atoms with E-state index in [0.29, 0.717) is 16.7 Å². The smallest absolute Gasteiger partial charge is 0.190 e. The van der Waals surface area contributed by atoms with Gasteiger partial charge in [-0.05, 0) is 30.4 Å². The summed E-state index contributed by atoms with van der Waals surface area (Å²) < 4.78 is 5.18. The Bertz CT molecular complexity index is 620. The van der Waals surface area contributed by atoms with Crippen LogP contribution in [0.4, 0.5) is 5.82 Å². The minimum absolute atomic E-state index is 0.508. The number of hydrogen-bond donors (Lipinski definition) is 1. The highest BCUT2D eigenvalue weighted by Gasteiger charge is 2.13. The molecule has 118 valence electrons. The molecule has 2 aromatic rings. The second-order valence-electron chi connectivity index (χ2n) is 4.78. The molecule has 0 aliphatic rings. The van der Waals surface area contributed by atoms with Gasteiger partial charge in [0.15, 0.2) is 5.16 Å². The van der Waals surface area contributed by atoms with E-state index in [1.54, 1.807) is 7.11 Å². The first kappa shape index (κ1) is 16.9. The summed E-state index contributed by atoms with van der Waals surface area (Å²) in [7, 11) is 1.66. The molecule has 0 fully saturated rings. The Labute approximate surface area is 140 Å². The molecule has 0 unspecified atom stereocenters. The largest absolute Gasteiger partial charge is 0.497 e. The van der Waals surface area contributed by atoms with Crippen LogP contribution >= 0.6 is 23.4 Å². The minimum atomic E-state index is 0.508. The molecule has 0 saturated heterocycles. The Balaban J connectivity index is 2.30. The molecule has 4 nitrogen and oxygen atoms in total. The van der Waals surface area contributed by atoms with Crippen LogP contribution in [0.1, 0.15) is 24.5 Å². The van der Waals surface area contributed by atoms with Gasteiger partial charge in [0.1, 0.15) is 16.7 Å². The Hall–Kier alpha value is -1.46. The molecular formula is C16H20ClN3OS. The Morgan fingerprint density at radius 2 is 1.95 bits per heavy atom. The number of hydrogen-bond acceptors (Lipinski definition) is 5. The molecule has 0 spiro atoms. The van der Waals surface area contributed by atoms with Gasteiger partial charge in [0.2, 0.25) is 0 Å². The van der Waals surface area contributed by atoms with E-state index < -0.39 is 0 Å². The summed E-state index contributed by atoms with van der Waals surface area (Å²) in [5, 5.41) is 4.54. The first-order valence-electron chi connectivity index (χ1n) is 7.15. The lowest BCUT2D eigenvalue weighted by Gasteiger charge is -2.13. The monoisotopic (exact) mass is 337 g/mol. The molecule has 0 bridgehead atoms. The highest BCUT2D eigenvalue weighted by atomic mass is 35.5. The molecule has 22 heavy (non-hydrogen) atoms. The van der Waals surface area contributed by atoms with Crippen molar-refractivity contribution < 1.29 is 4.74 Å². The number of anilines is 1. The SMILES string of the molecule is CCCNc1nc(SC)nc(Cl)c1Cc1ccc(OC)cc1. The van der Waals surface area contributed by atoms with Crippen molar-refractivity contribution in [1.29, 1.82) is 0 Å². The van der Waals surface area contributed by atoms with Crippen molar-refractivity contribution in [2.24, 2.45) is 0 Å². The summed E-state index contributed by atoms with van der Waals surface area (Å²) in [5.41, 5.74) is 2.07. The van der Waals surface area contributed by atoms with E-state index in [4.69, 9.17) is 16.3 Å². The molecule has 1 aromatic heterocycles. The fourth-order valence-electron chi connectivity index (χ4n) is 2.02. The van der Waals surface area contributed by atoms with Crippen LogP contribution in [0, 0.1) is 0 Å². The number of thioether (sulfide) groups is 1. The molecule has 1 N–H and O–H groups in total. The average molecular weight is 338 g/mol. The second kappa shape index (κ2) is 8.25. The van der Waals surface area contributed by atoms with Crippen molar-refractivity contribution >= 4 is 29.2 Å². The van der Waals surface area contributed by atoms with Crippen LogP contribution in [0.2, 0.25) is 5.15 Å². The van der Waals surface area contributed by atoms with Gasteiger partial charge in [-0.15, -0.1) is 0 Å². The lowest BCUT2D eigenvalue weighted by Crippen LogP contribution is -2.08. The van der Waals surface area contributed by atoms with E-state index >= 15 is 0 Å². The first-order chi connectivity index (χ1) is 10.7. The van der Waals surface area contributed by atoms with Gasteiger partial charge in [-0.25, -0.2) is 9.97 Å². The van der Waals surface area contributed by atoms with Crippen LogP contribution in [0.3, 0.4) is 0 Å². The van der Waals surface area contributed by atoms with Crippen LogP contribution in [-0.4, -0.2) is 29.9 Å². The highest BCUT2D eigenvalue weighted by molar-refractivity contribution is 7.98. The van der Waals surface area contributed by atoms with Crippen molar-refractivity contribution in [3.63, 3.8) is 0 Å². The normalized spacial score (nSPS) is 10.5. The number of benzene rings is 1. The second-order valence-corrected chi connectivity index (χ2v) is 5.91. The summed E-state index contributed by atoms with van der Waals surface area (Å²) >= 11 is 7.86. The summed E-state index contributed by atoms with van der Waals surface area (Å²) in [4.78, 5) is 8.89. The van der Waals surface area contributed by atoms with Crippen molar-refractivity contribution in [3.8, 4) is 5.75 Å². The number of halogens is 1. The maximum atomic E-state index is 6.37. The van der Waals surface area contributed by atoms with Crippen molar-refractivity contribution in [2.75, 3.05) is 25.2 Å². The summed E-state index contributed by atoms with van der Waals surface area (Å²) in [6.07, 6.45) is 3.65.